The predicted octanol–water partition coefficient (Wildman–Crippen LogP) is 2.09. The number of hydrogen-bond acceptors (Lipinski definition) is 6. The van der Waals surface area contributed by atoms with Gasteiger partial charge in [-0.1, -0.05) is 31.1 Å². The minimum absolute atomic E-state index is 0.0737. The van der Waals surface area contributed by atoms with Crippen molar-refractivity contribution in [2.45, 2.75) is 38.6 Å². The van der Waals surface area contributed by atoms with Crippen LogP contribution in [-0.2, 0) is 0 Å². The minimum atomic E-state index is -0.0737. The average Bonchev–Trinajstić information content (AvgIpc) is 3.26. The molecular formula is C15H26N6OS. The Morgan fingerprint density at radius 3 is 2.61 bits per heavy atom. The third kappa shape index (κ3) is 3.92. The third-order valence-corrected chi connectivity index (χ3v) is 5.81. The summed E-state index contributed by atoms with van der Waals surface area (Å²) in [6.45, 7) is 7.34. The fourth-order valence-corrected chi connectivity index (χ4v) is 4.07. The van der Waals surface area contributed by atoms with Crippen molar-refractivity contribution in [3.63, 3.8) is 0 Å². The lowest BCUT2D eigenvalue weighted by Crippen LogP contribution is -2.46. The molecule has 8 heteroatoms. The van der Waals surface area contributed by atoms with E-state index in [1.165, 1.54) is 24.2 Å². The summed E-state index contributed by atoms with van der Waals surface area (Å²) < 4.78 is 0. The topological polar surface area (TPSA) is 64.6 Å². The number of rotatable bonds is 4. The zero-order valence-electron chi connectivity index (χ0n) is 14.0. The van der Waals surface area contributed by atoms with Crippen LogP contribution in [0.1, 0.15) is 32.6 Å². The highest BCUT2D eigenvalue weighted by atomic mass is 32.1. The van der Waals surface area contributed by atoms with E-state index < -0.39 is 0 Å². The zero-order chi connectivity index (χ0) is 16.2. The number of carbonyl (C=O) groups is 1. The Labute approximate surface area is 141 Å². The van der Waals surface area contributed by atoms with Crippen LogP contribution in [0.3, 0.4) is 0 Å². The van der Waals surface area contributed by atoms with Crippen molar-refractivity contribution in [3.8, 4) is 0 Å². The number of carbonyl (C=O) groups excluding carboxylic acids is 1. The van der Waals surface area contributed by atoms with E-state index in [0.29, 0.717) is 11.2 Å². The number of amides is 2. The lowest BCUT2D eigenvalue weighted by molar-refractivity contribution is 0.205. The van der Waals surface area contributed by atoms with E-state index in [-0.39, 0.29) is 6.03 Å². The summed E-state index contributed by atoms with van der Waals surface area (Å²) in [5, 5.41) is 12.8. The molecule has 2 aliphatic rings. The smallest absolute Gasteiger partial charge is 0.323 e. The monoisotopic (exact) mass is 338 g/mol. The van der Waals surface area contributed by atoms with Crippen LogP contribution in [0.25, 0.3) is 0 Å². The van der Waals surface area contributed by atoms with E-state index in [9.17, 15) is 4.79 Å². The molecule has 1 saturated carbocycles. The van der Waals surface area contributed by atoms with E-state index in [0.717, 1.165) is 50.7 Å². The van der Waals surface area contributed by atoms with E-state index in [1.807, 2.05) is 11.9 Å². The van der Waals surface area contributed by atoms with Crippen molar-refractivity contribution >= 4 is 27.6 Å². The standard InChI is InChI=1S/C15H26N6OS/c1-3-20-8-10-21(11-9-20)15-18-17-13(23-15)16-14(22)19(2)12-6-4-5-7-12/h12H,3-11H2,1-2H3,(H,16,17,22). The lowest BCUT2D eigenvalue weighted by atomic mass is 10.2. The molecule has 7 nitrogen and oxygen atoms in total. The minimum Gasteiger partial charge on any atom is -0.344 e. The maximum absolute atomic E-state index is 12.3. The molecule has 1 aliphatic carbocycles. The quantitative estimate of drug-likeness (QED) is 0.911. The highest BCUT2D eigenvalue weighted by Gasteiger charge is 2.25. The Hall–Kier alpha value is -1.41. The first-order valence-corrected chi connectivity index (χ1v) is 9.33. The van der Waals surface area contributed by atoms with Crippen LogP contribution < -0.4 is 10.2 Å². The summed E-state index contributed by atoms with van der Waals surface area (Å²) in [7, 11) is 1.87. The number of urea groups is 1. The van der Waals surface area contributed by atoms with Crippen LogP contribution in [0, 0.1) is 0 Å². The number of anilines is 2. The van der Waals surface area contributed by atoms with Crippen molar-refractivity contribution in [3.05, 3.63) is 0 Å². The van der Waals surface area contributed by atoms with Gasteiger partial charge in [0.2, 0.25) is 10.3 Å². The normalized spacial score (nSPS) is 20.0. The van der Waals surface area contributed by atoms with Gasteiger partial charge in [0.15, 0.2) is 0 Å². The first kappa shape index (κ1) is 16.4. The second kappa shape index (κ2) is 7.44. The molecule has 0 aromatic carbocycles. The summed E-state index contributed by atoms with van der Waals surface area (Å²) in [4.78, 5) is 18.8. The van der Waals surface area contributed by atoms with Crippen molar-refractivity contribution < 1.29 is 4.79 Å². The Kier molecular flexibility index (Phi) is 5.32. The molecule has 3 rings (SSSR count). The lowest BCUT2D eigenvalue weighted by Gasteiger charge is -2.33. The molecular weight excluding hydrogens is 312 g/mol. The summed E-state index contributed by atoms with van der Waals surface area (Å²) in [6, 6.07) is 0.292. The van der Waals surface area contributed by atoms with Crippen molar-refractivity contribution in [2.24, 2.45) is 0 Å². The predicted molar refractivity (Wildman–Crippen MR) is 93.3 cm³/mol. The summed E-state index contributed by atoms with van der Waals surface area (Å²) in [6.07, 6.45) is 4.64. The summed E-state index contributed by atoms with van der Waals surface area (Å²) in [5.74, 6) is 0. The van der Waals surface area contributed by atoms with Crippen molar-refractivity contribution in [2.75, 3.05) is 50.0 Å². The molecule has 1 N–H and O–H groups in total. The first-order valence-electron chi connectivity index (χ1n) is 8.52. The molecule has 1 aromatic heterocycles. The van der Waals surface area contributed by atoms with E-state index in [1.54, 1.807) is 0 Å². The van der Waals surface area contributed by atoms with Gasteiger partial charge in [-0.3, -0.25) is 5.32 Å². The van der Waals surface area contributed by atoms with Gasteiger partial charge < -0.3 is 14.7 Å². The second-order valence-electron chi connectivity index (χ2n) is 6.29. The Morgan fingerprint density at radius 2 is 1.96 bits per heavy atom. The average molecular weight is 338 g/mol. The number of nitrogens with one attached hydrogen (secondary N) is 1. The Balaban J connectivity index is 1.53. The molecule has 0 bridgehead atoms. The van der Waals surface area contributed by atoms with Crippen LogP contribution >= 0.6 is 11.3 Å². The molecule has 0 unspecified atom stereocenters. The molecule has 0 spiro atoms. The van der Waals surface area contributed by atoms with Gasteiger partial charge in [0.1, 0.15) is 0 Å². The van der Waals surface area contributed by atoms with E-state index in [4.69, 9.17) is 0 Å². The van der Waals surface area contributed by atoms with Gasteiger partial charge in [-0.05, 0) is 19.4 Å². The van der Waals surface area contributed by atoms with Crippen LogP contribution in [-0.4, -0.2) is 71.8 Å². The van der Waals surface area contributed by atoms with E-state index >= 15 is 0 Å². The maximum atomic E-state index is 12.3. The largest absolute Gasteiger partial charge is 0.344 e. The highest BCUT2D eigenvalue weighted by molar-refractivity contribution is 7.19. The molecule has 128 valence electrons. The number of piperazine rings is 1. The summed E-state index contributed by atoms with van der Waals surface area (Å²) >= 11 is 1.46. The second-order valence-corrected chi connectivity index (χ2v) is 7.25. The van der Waals surface area contributed by atoms with Crippen molar-refractivity contribution in [1.29, 1.82) is 0 Å². The Bertz CT molecular complexity index is 522. The molecule has 2 amide bonds. The van der Waals surface area contributed by atoms with Gasteiger partial charge in [0.05, 0.1) is 0 Å². The fourth-order valence-electron chi connectivity index (χ4n) is 3.29. The van der Waals surface area contributed by atoms with Crippen LogP contribution in [0.4, 0.5) is 15.1 Å². The number of aromatic nitrogens is 2. The molecule has 0 atom stereocenters. The zero-order valence-corrected chi connectivity index (χ0v) is 14.8. The third-order valence-electron chi connectivity index (χ3n) is 4.91. The Morgan fingerprint density at radius 1 is 1.26 bits per heavy atom. The van der Waals surface area contributed by atoms with E-state index in [2.05, 4.69) is 32.2 Å². The molecule has 23 heavy (non-hydrogen) atoms. The van der Waals surface area contributed by atoms with Gasteiger partial charge in [0.25, 0.3) is 0 Å². The SMILES string of the molecule is CCN1CCN(c2nnc(NC(=O)N(C)C3CCCC3)s2)CC1. The molecule has 2 fully saturated rings. The van der Waals surface area contributed by atoms with Crippen LogP contribution in [0.2, 0.25) is 0 Å². The number of hydrogen-bond donors (Lipinski definition) is 1. The number of nitrogens with zero attached hydrogens (tertiary/aromatic N) is 5. The van der Waals surface area contributed by atoms with Gasteiger partial charge in [-0.15, -0.1) is 10.2 Å². The van der Waals surface area contributed by atoms with Crippen LogP contribution in [0.5, 0.6) is 0 Å². The summed E-state index contributed by atoms with van der Waals surface area (Å²) in [5.41, 5.74) is 0. The maximum Gasteiger partial charge on any atom is 0.323 e. The van der Waals surface area contributed by atoms with Crippen molar-refractivity contribution in [1.82, 2.24) is 20.0 Å². The molecule has 1 aromatic rings. The molecule has 0 radical (unpaired) electrons. The highest BCUT2D eigenvalue weighted by Crippen LogP contribution is 2.26. The van der Waals surface area contributed by atoms with Gasteiger partial charge in [-0.2, -0.15) is 0 Å². The van der Waals surface area contributed by atoms with Gasteiger partial charge >= 0.3 is 6.03 Å². The fraction of sp³-hybridized carbons (Fsp3) is 0.800. The molecule has 2 heterocycles. The van der Waals surface area contributed by atoms with Gasteiger partial charge in [0, 0.05) is 39.3 Å². The molecule has 1 aliphatic heterocycles. The molecule has 1 saturated heterocycles. The van der Waals surface area contributed by atoms with Gasteiger partial charge in [-0.25, -0.2) is 4.79 Å². The van der Waals surface area contributed by atoms with Crippen LogP contribution in [0.15, 0.2) is 0 Å². The number of likely N-dealkylation sites (N-methyl/N-ethyl adjacent to an activating group) is 1. The first-order chi connectivity index (χ1) is 11.2.